The van der Waals surface area contributed by atoms with Gasteiger partial charge in [-0.2, -0.15) is 0 Å². The number of fused-ring (bicyclic) bond motifs is 5. The van der Waals surface area contributed by atoms with Gasteiger partial charge in [-0.3, -0.25) is 0 Å². The Bertz CT molecular complexity index is 923. The molecule has 3 heteroatoms. The maximum atomic E-state index is 10.7. The van der Waals surface area contributed by atoms with Crippen LogP contribution in [0.3, 0.4) is 0 Å². The Hall–Kier alpha value is -2.00. The zero-order valence-corrected chi connectivity index (χ0v) is 17.6. The predicted molar refractivity (Wildman–Crippen MR) is 116 cm³/mol. The topological polar surface area (TPSA) is 52.5 Å². The monoisotopic (exact) mass is 391 g/mol. The van der Waals surface area contributed by atoms with Gasteiger partial charge in [-0.25, -0.2) is 0 Å². The molecule has 0 aliphatic heterocycles. The lowest BCUT2D eigenvalue weighted by molar-refractivity contribution is 0.0400. The minimum atomic E-state index is 0.308. The smallest absolute Gasteiger partial charge is 0.120 e. The van der Waals surface area contributed by atoms with E-state index in [1.54, 1.807) is 6.07 Å². The molecule has 3 aliphatic carbocycles. The molecule has 2 saturated carbocycles. The van der Waals surface area contributed by atoms with Crippen LogP contribution in [0.2, 0.25) is 0 Å². The molecule has 0 radical (unpaired) electrons. The van der Waals surface area contributed by atoms with E-state index in [0.717, 1.165) is 24.4 Å². The van der Waals surface area contributed by atoms with E-state index in [0.29, 0.717) is 34.8 Å². The molecule has 0 amide bonds. The standard InChI is InChI=1S/C26H33NO2/c1-16-7-11-23(29)25-18(16)8-9-19-20(25)13-14-26(2)21(19)10-12-24(26)27-15-17-5-3-4-6-22(17)28/h3-7,11,19-21,24,27-29H,8-10,12-15H2,1-2H3/t19-,20+,21+,24-,26+/m1/s1. The number of phenols is 2. The molecule has 3 nitrogen and oxygen atoms in total. The van der Waals surface area contributed by atoms with Gasteiger partial charge in [-0.1, -0.05) is 31.2 Å². The first-order chi connectivity index (χ1) is 14.0. The Balaban J connectivity index is 1.37. The third-order valence-electron chi connectivity index (χ3n) is 8.63. The number of aryl methyl sites for hydroxylation is 1. The van der Waals surface area contributed by atoms with Crippen molar-refractivity contribution in [3.05, 3.63) is 58.7 Å². The van der Waals surface area contributed by atoms with E-state index < -0.39 is 0 Å². The zero-order chi connectivity index (χ0) is 20.2. The molecule has 2 aromatic carbocycles. The van der Waals surface area contributed by atoms with E-state index in [2.05, 4.69) is 25.2 Å². The van der Waals surface area contributed by atoms with Crippen molar-refractivity contribution in [2.45, 2.75) is 70.9 Å². The Morgan fingerprint density at radius 2 is 1.83 bits per heavy atom. The van der Waals surface area contributed by atoms with Crippen molar-refractivity contribution in [3.63, 3.8) is 0 Å². The molecule has 3 aliphatic rings. The predicted octanol–water partition coefficient (Wildman–Crippen LogP) is 5.42. The second-order valence-electron chi connectivity index (χ2n) is 9.89. The van der Waals surface area contributed by atoms with Crippen molar-refractivity contribution in [1.29, 1.82) is 0 Å². The van der Waals surface area contributed by atoms with Gasteiger partial charge in [-0.05, 0) is 91.9 Å². The SMILES string of the molecule is Cc1ccc(O)c2c1CC[C@@H]1[C@@H]2CC[C@]2(C)[C@H](NCc3ccccc3O)CC[C@@H]12. The second-order valence-corrected chi connectivity index (χ2v) is 9.89. The molecular formula is C26H33NO2. The summed E-state index contributed by atoms with van der Waals surface area (Å²) in [6.45, 7) is 5.42. The fraction of sp³-hybridized carbons (Fsp3) is 0.538. The highest BCUT2D eigenvalue weighted by atomic mass is 16.3. The Morgan fingerprint density at radius 3 is 2.66 bits per heavy atom. The van der Waals surface area contributed by atoms with Gasteiger partial charge in [0.25, 0.3) is 0 Å². The molecule has 0 heterocycles. The highest BCUT2D eigenvalue weighted by Gasteiger charge is 2.55. The average molecular weight is 392 g/mol. The Kier molecular flexibility index (Phi) is 4.62. The molecule has 154 valence electrons. The lowest BCUT2D eigenvalue weighted by Crippen LogP contribution is -2.48. The summed E-state index contributed by atoms with van der Waals surface area (Å²) in [4.78, 5) is 0. The molecule has 29 heavy (non-hydrogen) atoms. The summed E-state index contributed by atoms with van der Waals surface area (Å²) in [6.07, 6.45) is 7.25. The van der Waals surface area contributed by atoms with Gasteiger partial charge in [0.15, 0.2) is 0 Å². The third kappa shape index (κ3) is 2.97. The van der Waals surface area contributed by atoms with Crippen LogP contribution in [0.25, 0.3) is 0 Å². The van der Waals surface area contributed by atoms with Crippen LogP contribution in [-0.4, -0.2) is 16.3 Å². The lowest BCUT2D eigenvalue weighted by atomic mass is 9.55. The van der Waals surface area contributed by atoms with Crippen LogP contribution in [0.4, 0.5) is 0 Å². The average Bonchev–Trinajstić information content (AvgIpc) is 3.06. The molecule has 3 N–H and O–H groups in total. The lowest BCUT2D eigenvalue weighted by Gasteiger charge is -2.51. The molecule has 5 rings (SSSR count). The highest BCUT2D eigenvalue weighted by molar-refractivity contribution is 5.48. The van der Waals surface area contributed by atoms with Crippen molar-refractivity contribution < 1.29 is 10.2 Å². The number of hydrogen-bond acceptors (Lipinski definition) is 3. The van der Waals surface area contributed by atoms with Crippen LogP contribution >= 0.6 is 0 Å². The molecular weight excluding hydrogens is 358 g/mol. The number of rotatable bonds is 3. The molecule has 2 aromatic rings. The summed E-state index contributed by atoms with van der Waals surface area (Å²) in [5.41, 5.74) is 5.33. The number of nitrogens with one attached hydrogen (secondary N) is 1. The van der Waals surface area contributed by atoms with Crippen molar-refractivity contribution >= 4 is 0 Å². The van der Waals surface area contributed by atoms with Crippen molar-refractivity contribution in [3.8, 4) is 11.5 Å². The van der Waals surface area contributed by atoms with Crippen molar-refractivity contribution in [1.82, 2.24) is 5.32 Å². The molecule has 2 fully saturated rings. The van der Waals surface area contributed by atoms with E-state index in [-0.39, 0.29) is 0 Å². The Labute approximate surface area is 174 Å². The largest absolute Gasteiger partial charge is 0.508 e. The van der Waals surface area contributed by atoms with Gasteiger partial charge >= 0.3 is 0 Å². The molecule has 0 spiro atoms. The van der Waals surface area contributed by atoms with Crippen LogP contribution in [0.15, 0.2) is 36.4 Å². The first-order valence-electron chi connectivity index (χ1n) is 11.3. The first-order valence-corrected chi connectivity index (χ1v) is 11.3. The molecule has 5 atom stereocenters. The molecule has 0 unspecified atom stereocenters. The molecule has 0 aromatic heterocycles. The van der Waals surface area contributed by atoms with E-state index in [4.69, 9.17) is 0 Å². The van der Waals surface area contributed by atoms with E-state index in [1.165, 1.54) is 48.8 Å². The quantitative estimate of drug-likeness (QED) is 0.655. The van der Waals surface area contributed by atoms with E-state index in [1.807, 2.05) is 24.3 Å². The van der Waals surface area contributed by atoms with Gasteiger partial charge in [0.2, 0.25) is 0 Å². The summed E-state index contributed by atoms with van der Waals surface area (Å²) in [5, 5.41) is 24.6. The van der Waals surface area contributed by atoms with Gasteiger partial charge in [-0.15, -0.1) is 0 Å². The van der Waals surface area contributed by atoms with Gasteiger partial charge < -0.3 is 15.5 Å². The first kappa shape index (κ1) is 19.0. The van der Waals surface area contributed by atoms with Crippen molar-refractivity contribution in [2.75, 3.05) is 0 Å². The summed E-state index contributed by atoms with van der Waals surface area (Å²) < 4.78 is 0. The van der Waals surface area contributed by atoms with Crippen LogP contribution < -0.4 is 5.32 Å². The summed E-state index contributed by atoms with van der Waals surface area (Å²) in [7, 11) is 0. The number of phenolic OH excluding ortho intramolecular Hbond substituents is 2. The fourth-order valence-electron chi connectivity index (χ4n) is 7.10. The number of benzene rings is 2. The van der Waals surface area contributed by atoms with Gasteiger partial charge in [0.1, 0.15) is 11.5 Å². The van der Waals surface area contributed by atoms with E-state index in [9.17, 15) is 10.2 Å². The van der Waals surface area contributed by atoms with Crippen LogP contribution in [-0.2, 0) is 13.0 Å². The van der Waals surface area contributed by atoms with E-state index >= 15 is 0 Å². The number of para-hydroxylation sites is 1. The normalized spacial score (nSPS) is 33.0. The zero-order valence-electron chi connectivity index (χ0n) is 17.6. The molecule has 0 saturated heterocycles. The summed E-state index contributed by atoms with van der Waals surface area (Å²) >= 11 is 0. The number of aromatic hydroxyl groups is 2. The maximum absolute atomic E-state index is 10.7. The van der Waals surface area contributed by atoms with Crippen molar-refractivity contribution in [2.24, 2.45) is 17.3 Å². The third-order valence-corrected chi connectivity index (χ3v) is 8.63. The summed E-state index contributed by atoms with van der Waals surface area (Å²) in [5.74, 6) is 2.84. The minimum absolute atomic E-state index is 0.308. The number of hydrogen-bond donors (Lipinski definition) is 3. The minimum Gasteiger partial charge on any atom is -0.508 e. The van der Waals surface area contributed by atoms with Crippen LogP contribution in [0.5, 0.6) is 11.5 Å². The van der Waals surface area contributed by atoms with Gasteiger partial charge in [0, 0.05) is 23.7 Å². The Morgan fingerprint density at radius 1 is 1.00 bits per heavy atom. The van der Waals surface area contributed by atoms with Crippen LogP contribution in [0, 0.1) is 24.2 Å². The fourth-order valence-corrected chi connectivity index (χ4v) is 7.10. The molecule has 0 bridgehead atoms. The van der Waals surface area contributed by atoms with Gasteiger partial charge in [0.05, 0.1) is 0 Å². The second kappa shape index (κ2) is 7.05. The highest BCUT2D eigenvalue weighted by Crippen LogP contribution is 2.62. The summed E-state index contributed by atoms with van der Waals surface area (Å²) in [6, 6.07) is 12.2. The van der Waals surface area contributed by atoms with Crippen LogP contribution in [0.1, 0.15) is 67.2 Å². The maximum Gasteiger partial charge on any atom is 0.120 e.